The highest BCUT2D eigenvalue weighted by atomic mass is 35.5. The number of hydrogen-bond donors (Lipinski definition) is 1. The van der Waals surface area contributed by atoms with Crippen LogP contribution in [0.1, 0.15) is 28.3 Å². The predicted molar refractivity (Wildman–Crippen MR) is 83.3 cm³/mol. The zero-order chi connectivity index (χ0) is 14.0. The molecule has 19 heavy (non-hydrogen) atoms. The summed E-state index contributed by atoms with van der Waals surface area (Å²) < 4.78 is 0. The van der Waals surface area contributed by atoms with Crippen LogP contribution in [0.5, 0.6) is 0 Å². The number of hydrogen-bond acceptors (Lipinski definition) is 1. The Morgan fingerprint density at radius 3 is 2.21 bits per heavy atom. The maximum absolute atomic E-state index is 6.32. The molecule has 0 spiro atoms. The quantitative estimate of drug-likeness (QED) is 0.847. The Morgan fingerprint density at radius 2 is 1.63 bits per heavy atom. The maximum Gasteiger partial charge on any atom is 0.0606 e. The van der Waals surface area contributed by atoms with Crippen molar-refractivity contribution in [3.63, 3.8) is 0 Å². The first-order valence-electron chi connectivity index (χ1n) is 6.23. The van der Waals surface area contributed by atoms with E-state index in [2.05, 4.69) is 37.4 Å². The van der Waals surface area contributed by atoms with Gasteiger partial charge in [0.05, 0.1) is 6.04 Å². The van der Waals surface area contributed by atoms with Gasteiger partial charge in [0.2, 0.25) is 0 Å². The average Bonchev–Trinajstić information content (AvgIpc) is 2.37. The van der Waals surface area contributed by atoms with Crippen LogP contribution >= 0.6 is 23.2 Å². The van der Waals surface area contributed by atoms with Crippen LogP contribution in [-0.2, 0) is 0 Å². The summed E-state index contributed by atoms with van der Waals surface area (Å²) in [6, 6.07) is 12.0. The summed E-state index contributed by atoms with van der Waals surface area (Å²) in [4.78, 5) is 0. The van der Waals surface area contributed by atoms with E-state index in [1.54, 1.807) is 0 Å². The lowest BCUT2D eigenvalue weighted by Crippen LogP contribution is -2.19. The van der Waals surface area contributed by atoms with Crippen molar-refractivity contribution in [1.82, 2.24) is 5.32 Å². The highest BCUT2D eigenvalue weighted by Crippen LogP contribution is 2.35. The van der Waals surface area contributed by atoms with Gasteiger partial charge >= 0.3 is 0 Å². The van der Waals surface area contributed by atoms with Crippen LogP contribution in [0.4, 0.5) is 0 Å². The fourth-order valence-corrected chi connectivity index (χ4v) is 2.93. The van der Waals surface area contributed by atoms with Gasteiger partial charge in [-0.3, -0.25) is 0 Å². The van der Waals surface area contributed by atoms with Crippen LogP contribution in [0, 0.1) is 13.8 Å². The Labute approximate surface area is 124 Å². The Bertz CT molecular complexity index is 573. The van der Waals surface area contributed by atoms with Gasteiger partial charge in [-0.2, -0.15) is 0 Å². The molecule has 0 aliphatic carbocycles. The molecule has 0 aliphatic rings. The number of rotatable bonds is 3. The fourth-order valence-electron chi connectivity index (χ4n) is 2.31. The predicted octanol–water partition coefficient (Wildman–Crippen LogP) is 4.92. The van der Waals surface area contributed by atoms with E-state index in [-0.39, 0.29) is 6.04 Å². The zero-order valence-electron chi connectivity index (χ0n) is 11.3. The summed E-state index contributed by atoms with van der Waals surface area (Å²) in [5.74, 6) is 0. The number of benzene rings is 2. The van der Waals surface area contributed by atoms with Crippen molar-refractivity contribution in [2.45, 2.75) is 19.9 Å². The first-order chi connectivity index (χ1) is 9.04. The minimum absolute atomic E-state index is 0.00102. The largest absolute Gasteiger partial charge is 0.309 e. The highest BCUT2D eigenvalue weighted by molar-refractivity contribution is 6.36. The molecule has 0 radical (unpaired) electrons. The van der Waals surface area contributed by atoms with Gasteiger partial charge in [-0.15, -0.1) is 0 Å². The second-order valence-electron chi connectivity index (χ2n) is 4.72. The third kappa shape index (κ3) is 2.94. The van der Waals surface area contributed by atoms with Crippen LogP contribution in [0.3, 0.4) is 0 Å². The van der Waals surface area contributed by atoms with E-state index < -0.39 is 0 Å². The molecule has 2 rings (SSSR count). The topological polar surface area (TPSA) is 12.0 Å². The lowest BCUT2D eigenvalue weighted by atomic mass is 9.93. The lowest BCUT2D eigenvalue weighted by Gasteiger charge is -2.22. The molecular formula is C16H17Cl2N. The van der Waals surface area contributed by atoms with Crippen molar-refractivity contribution < 1.29 is 0 Å². The molecular weight excluding hydrogens is 277 g/mol. The maximum atomic E-state index is 6.32. The van der Waals surface area contributed by atoms with Crippen molar-refractivity contribution in [2.75, 3.05) is 7.05 Å². The molecule has 0 aromatic heterocycles. The smallest absolute Gasteiger partial charge is 0.0606 e. The van der Waals surface area contributed by atoms with Crippen LogP contribution in [0.2, 0.25) is 10.0 Å². The summed E-state index contributed by atoms with van der Waals surface area (Å²) >= 11 is 12.6. The molecule has 1 unspecified atom stereocenters. The second-order valence-corrected chi connectivity index (χ2v) is 5.53. The van der Waals surface area contributed by atoms with Crippen molar-refractivity contribution >= 4 is 23.2 Å². The standard InChI is InChI=1S/C16H17Cl2N/c1-10-7-8-11(2)12(9-10)16(19-3)15-13(17)5-4-6-14(15)18/h4-9,16,19H,1-3H3. The summed E-state index contributed by atoms with van der Waals surface area (Å²) in [6.07, 6.45) is 0. The molecule has 0 saturated carbocycles. The Morgan fingerprint density at radius 1 is 1.00 bits per heavy atom. The van der Waals surface area contributed by atoms with E-state index in [0.717, 1.165) is 5.56 Å². The summed E-state index contributed by atoms with van der Waals surface area (Å²) in [6.45, 7) is 4.19. The Kier molecular flexibility index (Phi) is 4.51. The molecule has 0 fully saturated rings. The van der Waals surface area contributed by atoms with Gasteiger partial charge in [0.25, 0.3) is 0 Å². The van der Waals surface area contributed by atoms with Crippen molar-refractivity contribution in [2.24, 2.45) is 0 Å². The van der Waals surface area contributed by atoms with E-state index in [1.807, 2.05) is 25.2 Å². The van der Waals surface area contributed by atoms with E-state index in [9.17, 15) is 0 Å². The van der Waals surface area contributed by atoms with Gasteiger partial charge in [0, 0.05) is 15.6 Å². The normalized spacial score (nSPS) is 12.5. The van der Waals surface area contributed by atoms with E-state index >= 15 is 0 Å². The van der Waals surface area contributed by atoms with Gasteiger partial charge in [-0.25, -0.2) is 0 Å². The van der Waals surface area contributed by atoms with Crippen molar-refractivity contribution in [3.8, 4) is 0 Å². The molecule has 0 heterocycles. The van der Waals surface area contributed by atoms with Gasteiger partial charge in [0.15, 0.2) is 0 Å². The molecule has 2 aromatic rings. The monoisotopic (exact) mass is 293 g/mol. The highest BCUT2D eigenvalue weighted by Gasteiger charge is 2.19. The molecule has 1 atom stereocenters. The Hall–Kier alpha value is -1.02. The first kappa shape index (κ1) is 14.4. The lowest BCUT2D eigenvalue weighted by molar-refractivity contribution is 0.687. The molecule has 1 N–H and O–H groups in total. The van der Waals surface area contributed by atoms with Crippen molar-refractivity contribution in [3.05, 3.63) is 68.7 Å². The third-order valence-corrected chi connectivity index (χ3v) is 3.98. The van der Waals surface area contributed by atoms with Gasteiger partial charge in [0.1, 0.15) is 0 Å². The van der Waals surface area contributed by atoms with Gasteiger partial charge in [-0.1, -0.05) is 53.0 Å². The molecule has 0 amide bonds. The number of halogens is 2. The van der Waals surface area contributed by atoms with Crippen LogP contribution in [0.25, 0.3) is 0 Å². The van der Waals surface area contributed by atoms with Crippen LogP contribution < -0.4 is 5.32 Å². The van der Waals surface area contributed by atoms with E-state index in [0.29, 0.717) is 10.0 Å². The molecule has 0 aliphatic heterocycles. The van der Waals surface area contributed by atoms with E-state index in [4.69, 9.17) is 23.2 Å². The van der Waals surface area contributed by atoms with Gasteiger partial charge in [-0.05, 0) is 44.2 Å². The third-order valence-electron chi connectivity index (χ3n) is 3.32. The molecule has 2 aromatic carbocycles. The van der Waals surface area contributed by atoms with Crippen LogP contribution in [0.15, 0.2) is 36.4 Å². The molecule has 3 heteroatoms. The summed E-state index contributed by atoms with van der Waals surface area (Å²) in [5, 5.41) is 4.69. The minimum Gasteiger partial charge on any atom is -0.309 e. The average molecular weight is 294 g/mol. The first-order valence-corrected chi connectivity index (χ1v) is 6.98. The number of nitrogens with one attached hydrogen (secondary N) is 1. The molecule has 100 valence electrons. The summed E-state index contributed by atoms with van der Waals surface area (Å²) in [7, 11) is 1.92. The van der Waals surface area contributed by atoms with Gasteiger partial charge < -0.3 is 5.32 Å². The molecule has 1 nitrogen and oxygen atoms in total. The SMILES string of the molecule is CNC(c1cc(C)ccc1C)c1c(Cl)cccc1Cl. The van der Waals surface area contributed by atoms with E-state index in [1.165, 1.54) is 16.7 Å². The second kappa shape index (κ2) is 5.96. The summed E-state index contributed by atoms with van der Waals surface area (Å²) in [5.41, 5.74) is 4.59. The molecule has 0 saturated heterocycles. The zero-order valence-corrected chi connectivity index (χ0v) is 12.8. The van der Waals surface area contributed by atoms with Crippen LogP contribution in [-0.4, -0.2) is 7.05 Å². The molecule has 0 bridgehead atoms. The Balaban J connectivity index is 2.59. The minimum atomic E-state index is 0.00102. The fraction of sp³-hybridized carbons (Fsp3) is 0.250. The number of aryl methyl sites for hydroxylation is 2. The van der Waals surface area contributed by atoms with Crippen molar-refractivity contribution in [1.29, 1.82) is 0 Å².